The molecular weight excluding hydrogens is 615 g/mol. The molecule has 0 saturated heterocycles. The Bertz CT molecular complexity index is 1950. The fourth-order valence-electron chi connectivity index (χ4n) is 4.78. The number of alkyl halides is 3. The van der Waals surface area contributed by atoms with E-state index < -0.39 is 60.8 Å². The van der Waals surface area contributed by atoms with Gasteiger partial charge in [-0.15, -0.1) is 0 Å². The second-order valence-corrected chi connectivity index (χ2v) is 10.2. The molecule has 0 aliphatic rings. The van der Waals surface area contributed by atoms with E-state index in [2.05, 4.69) is 20.3 Å². The summed E-state index contributed by atoms with van der Waals surface area (Å²) in [4.78, 5) is 38.9. The van der Waals surface area contributed by atoms with Crippen LogP contribution in [-0.2, 0) is 11.3 Å². The Hall–Kier alpha value is -5.28. The number of aryl methyl sites for hydroxylation is 1. The number of nitrogens with one attached hydrogen (secondary N) is 1. The Labute approximate surface area is 257 Å². The van der Waals surface area contributed by atoms with Crippen LogP contribution in [0.5, 0.6) is 0 Å². The summed E-state index contributed by atoms with van der Waals surface area (Å²) in [6.07, 6.45) is -2.48. The van der Waals surface area contributed by atoms with Gasteiger partial charge >= 0.3 is 12.1 Å². The number of pyridine rings is 2. The minimum absolute atomic E-state index is 0.00719. The van der Waals surface area contributed by atoms with Crippen LogP contribution in [0.25, 0.3) is 28.0 Å². The summed E-state index contributed by atoms with van der Waals surface area (Å²) in [6.45, 7) is -0.0108. The topological polar surface area (TPSA) is 133 Å². The van der Waals surface area contributed by atoms with Crippen LogP contribution in [0.3, 0.4) is 0 Å². The van der Waals surface area contributed by atoms with Crippen molar-refractivity contribution in [2.75, 3.05) is 23.4 Å². The van der Waals surface area contributed by atoms with Gasteiger partial charge in [0.15, 0.2) is 5.65 Å². The molecular formula is C31H25F5N6O4. The molecule has 2 aromatic carbocycles. The monoisotopic (exact) mass is 640 g/mol. The van der Waals surface area contributed by atoms with Crippen molar-refractivity contribution in [3.05, 3.63) is 106 Å². The van der Waals surface area contributed by atoms with Gasteiger partial charge in [0.2, 0.25) is 5.95 Å². The first-order chi connectivity index (χ1) is 21.9. The minimum atomic E-state index is -5.23. The number of para-hydroxylation sites is 1. The molecule has 5 rings (SSSR count). The lowest BCUT2D eigenvalue weighted by Gasteiger charge is -2.25. The van der Waals surface area contributed by atoms with E-state index in [4.69, 9.17) is 0 Å². The molecule has 0 spiro atoms. The summed E-state index contributed by atoms with van der Waals surface area (Å²) in [7, 11) is 0. The van der Waals surface area contributed by atoms with Crippen molar-refractivity contribution in [2.24, 2.45) is 0 Å². The van der Waals surface area contributed by atoms with Crippen LogP contribution in [-0.4, -0.2) is 61.1 Å². The van der Waals surface area contributed by atoms with Crippen molar-refractivity contribution in [1.29, 1.82) is 0 Å². The highest BCUT2D eigenvalue weighted by atomic mass is 19.4. The Kier molecular flexibility index (Phi) is 9.07. The molecule has 0 radical (unpaired) electrons. The van der Waals surface area contributed by atoms with Gasteiger partial charge in [0, 0.05) is 35.1 Å². The van der Waals surface area contributed by atoms with Gasteiger partial charge in [-0.25, -0.2) is 13.8 Å². The van der Waals surface area contributed by atoms with Gasteiger partial charge in [-0.2, -0.15) is 18.2 Å². The summed E-state index contributed by atoms with van der Waals surface area (Å²) in [5.74, 6) is -4.58. The summed E-state index contributed by atoms with van der Waals surface area (Å²) in [5.41, 5.74) is -1.08. The summed E-state index contributed by atoms with van der Waals surface area (Å²) >= 11 is 0. The molecule has 0 unspecified atom stereocenters. The van der Waals surface area contributed by atoms with Crippen LogP contribution >= 0.6 is 0 Å². The van der Waals surface area contributed by atoms with Crippen LogP contribution in [0.4, 0.5) is 33.6 Å². The van der Waals surface area contributed by atoms with E-state index in [1.807, 2.05) is 0 Å². The molecule has 0 aliphatic carbocycles. The molecule has 0 fully saturated rings. The Morgan fingerprint density at radius 2 is 1.72 bits per heavy atom. The summed E-state index contributed by atoms with van der Waals surface area (Å²) < 4.78 is 72.0. The molecule has 0 saturated carbocycles. The van der Waals surface area contributed by atoms with Crippen molar-refractivity contribution < 1.29 is 37.0 Å². The predicted molar refractivity (Wildman–Crippen MR) is 158 cm³/mol. The number of aromatic nitrogens is 4. The zero-order valence-electron chi connectivity index (χ0n) is 24.0. The number of hydrogen-bond donors (Lipinski definition) is 3. The fraction of sp³-hybridized carbons (Fsp3) is 0.194. The highest BCUT2D eigenvalue weighted by molar-refractivity contribution is 5.99. The lowest BCUT2D eigenvalue weighted by molar-refractivity contribution is -0.170. The normalized spacial score (nSPS) is 11.7. The number of hydrogen-bond acceptors (Lipinski definition) is 8. The second kappa shape index (κ2) is 13.0. The van der Waals surface area contributed by atoms with Gasteiger partial charge in [0.25, 0.3) is 5.56 Å². The van der Waals surface area contributed by atoms with E-state index in [1.54, 1.807) is 6.92 Å². The van der Waals surface area contributed by atoms with Crippen LogP contribution in [0, 0.1) is 18.6 Å². The Morgan fingerprint density at radius 3 is 2.35 bits per heavy atom. The quantitative estimate of drug-likeness (QED) is 0.203. The SMILES string of the molecule is Cc1ccc(N(Cc2cccnc2)C(=O)C(F)(F)F)cc1-c1nc(NC(CO)CO)nc2c1ccc(=O)n2-c1c(F)cccc1F. The first-order valence-corrected chi connectivity index (χ1v) is 13.7. The van der Waals surface area contributed by atoms with Gasteiger partial charge in [-0.05, 0) is 54.4 Å². The molecule has 1 amide bonds. The van der Waals surface area contributed by atoms with Crippen LogP contribution < -0.4 is 15.8 Å². The third kappa shape index (κ3) is 6.41. The van der Waals surface area contributed by atoms with E-state index in [0.29, 0.717) is 20.6 Å². The van der Waals surface area contributed by atoms with Gasteiger partial charge < -0.3 is 20.4 Å². The van der Waals surface area contributed by atoms with Gasteiger partial charge in [-0.3, -0.25) is 19.1 Å². The highest BCUT2D eigenvalue weighted by Crippen LogP contribution is 2.35. The highest BCUT2D eigenvalue weighted by Gasteiger charge is 2.43. The molecule has 0 atom stereocenters. The first kappa shape index (κ1) is 32.1. The maximum absolute atomic E-state index is 15.0. The average Bonchev–Trinajstić information content (AvgIpc) is 3.03. The van der Waals surface area contributed by atoms with Crippen molar-refractivity contribution in [3.63, 3.8) is 0 Å². The number of benzene rings is 2. The van der Waals surface area contributed by atoms with Crippen molar-refractivity contribution in [1.82, 2.24) is 19.5 Å². The number of carbonyl (C=O) groups is 1. The molecule has 3 aromatic heterocycles. The molecule has 5 aromatic rings. The molecule has 0 bridgehead atoms. The molecule has 10 nitrogen and oxygen atoms in total. The third-order valence-electron chi connectivity index (χ3n) is 7.02. The molecule has 46 heavy (non-hydrogen) atoms. The number of amides is 1. The molecule has 3 heterocycles. The molecule has 238 valence electrons. The maximum atomic E-state index is 15.0. The van der Waals surface area contributed by atoms with Crippen molar-refractivity contribution in [2.45, 2.75) is 25.7 Å². The lowest BCUT2D eigenvalue weighted by Crippen LogP contribution is -2.40. The van der Waals surface area contributed by atoms with E-state index in [9.17, 15) is 41.8 Å². The first-order valence-electron chi connectivity index (χ1n) is 13.7. The Morgan fingerprint density at radius 1 is 1.00 bits per heavy atom. The second-order valence-electron chi connectivity index (χ2n) is 10.2. The third-order valence-corrected chi connectivity index (χ3v) is 7.02. The summed E-state index contributed by atoms with van der Waals surface area (Å²) in [6, 6.07) is 11.4. The van der Waals surface area contributed by atoms with Crippen LogP contribution in [0.1, 0.15) is 11.1 Å². The zero-order valence-corrected chi connectivity index (χ0v) is 24.0. The van der Waals surface area contributed by atoms with E-state index in [0.717, 1.165) is 24.3 Å². The molecule has 3 N–H and O–H groups in total. The zero-order chi connectivity index (χ0) is 33.2. The Balaban J connectivity index is 1.79. The lowest BCUT2D eigenvalue weighted by atomic mass is 10.0. The fourth-order valence-corrected chi connectivity index (χ4v) is 4.78. The van der Waals surface area contributed by atoms with Crippen LogP contribution in [0.15, 0.2) is 77.9 Å². The number of aliphatic hydroxyl groups is 2. The smallest absolute Gasteiger partial charge is 0.394 e. The van der Waals surface area contributed by atoms with Gasteiger partial charge in [0.05, 0.1) is 31.5 Å². The number of carbonyl (C=O) groups excluding carboxylic acids is 1. The minimum Gasteiger partial charge on any atom is -0.394 e. The number of halogens is 5. The number of nitrogens with zero attached hydrogens (tertiary/aromatic N) is 5. The van der Waals surface area contributed by atoms with Gasteiger partial charge in [-0.1, -0.05) is 18.2 Å². The number of anilines is 2. The molecule has 15 heteroatoms. The number of aliphatic hydroxyl groups excluding tert-OH is 2. The maximum Gasteiger partial charge on any atom is 0.471 e. The van der Waals surface area contributed by atoms with Crippen molar-refractivity contribution >= 4 is 28.6 Å². The van der Waals surface area contributed by atoms with E-state index >= 15 is 0 Å². The predicted octanol–water partition coefficient (Wildman–Crippen LogP) is 4.29. The number of rotatable bonds is 9. The summed E-state index contributed by atoms with van der Waals surface area (Å²) in [5, 5.41) is 22.1. The van der Waals surface area contributed by atoms with Crippen LogP contribution in [0.2, 0.25) is 0 Å². The van der Waals surface area contributed by atoms with Crippen molar-refractivity contribution in [3.8, 4) is 16.9 Å². The number of fused-ring (bicyclic) bond motifs is 1. The van der Waals surface area contributed by atoms with E-state index in [-0.39, 0.29) is 33.9 Å². The van der Waals surface area contributed by atoms with E-state index in [1.165, 1.54) is 48.8 Å². The molecule has 0 aliphatic heterocycles. The largest absolute Gasteiger partial charge is 0.471 e. The standard InChI is InChI=1S/C31H25F5N6O4/c1-17-7-8-20(41(29(46)31(34,35)36)14-18-4-3-11-37-13-18)12-22(17)26-21-9-10-25(45)42(27-23(32)5-2-6-24(27)33)28(21)40-30(39-26)38-19(15-43)16-44/h2-13,19,43-44H,14-16H2,1H3,(H,38,39,40). The average molecular weight is 641 g/mol. The van der Waals surface area contributed by atoms with Gasteiger partial charge in [0.1, 0.15) is 17.3 Å².